The summed E-state index contributed by atoms with van der Waals surface area (Å²) < 4.78 is 10.8. The molecule has 0 aromatic heterocycles. The highest BCUT2D eigenvalue weighted by Crippen LogP contribution is 2.56. The average Bonchev–Trinajstić information content (AvgIpc) is 2.68. The summed E-state index contributed by atoms with van der Waals surface area (Å²) in [5.74, 6) is 1.07. The molecule has 0 bridgehead atoms. The van der Waals surface area contributed by atoms with Crippen LogP contribution in [-0.2, 0) is 21.4 Å². The van der Waals surface area contributed by atoms with Crippen LogP contribution in [-0.4, -0.2) is 56.3 Å². The minimum absolute atomic E-state index is 0.133. The van der Waals surface area contributed by atoms with E-state index in [2.05, 4.69) is 25.9 Å². The number of ether oxygens (including phenoxy) is 2. The first-order valence-corrected chi connectivity index (χ1v) is 10.0. The zero-order valence-corrected chi connectivity index (χ0v) is 17.8. The average molecular weight is 378 g/mol. The first kappa shape index (κ1) is 21.7. The van der Waals surface area contributed by atoms with Gasteiger partial charge in [-0.3, -0.25) is 4.79 Å². The minimum atomic E-state index is -0.368. The SMILES string of the molecule is CC.CC[C@@]12CC(=O)C(OC)CC1C(N(C)C)Cc1ccc(OC)c(O)c12. The van der Waals surface area contributed by atoms with Crippen molar-refractivity contribution in [1.29, 1.82) is 0 Å². The Morgan fingerprint density at radius 3 is 2.44 bits per heavy atom. The Balaban J connectivity index is 0.00000126. The van der Waals surface area contributed by atoms with Crippen LogP contribution in [0.3, 0.4) is 0 Å². The molecule has 0 radical (unpaired) electrons. The van der Waals surface area contributed by atoms with Gasteiger partial charge >= 0.3 is 0 Å². The summed E-state index contributed by atoms with van der Waals surface area (Å²) in [6, 6.07) is 4.18. The van der Waals surface area contributed by atoms with Crippen LogP contribution in [0.15, 0.2) is 12.1 Å². The van der Waals surface area contributed by atoms with Crippen molar-refractivity contribution in [1.82, 2.24) is 4.90 Å². The Kier molecular flexibility index (Phi) is 6.92. The number of ketones is 1. The third-order valence-corrected chi connectivity index (χ3v) is 6.44. The van der Waals surface area contributed by atoms with E-state index in [0.29, 0.717) is 24.6 Å². The van der Waals surface area contributed by atoms with Crippen molar-refractivity contribution in [2.45, 2.75) is 64.0 Å². The summed E-state index contributed by atoms with van der Waals surface area (Å²) in [7, 11) is 7.37. The summed E-state index contributed by atoms with van der Waals surface area (Å²) in [4.78, 5) is 15.0. The summed E-state index contributed by atoms with van der Waals surface area (Å²) in [6.45, 7) is 6.12. The monoisotopic (exact) mass is 377 g/mol. The maximum atomic E-state index is 12.7. The molecule has 0 aliphatic heterocycles. The van der Waals surface area contributed by atoms with Gasteiger partial charge in [0.25, 0.3) is 0 Å². The normalized spacial score (nSPS) is 29.5. The molecule has 0 spiro atoms. The molecule has 1 aromatic rings. The molecule has 5 heteroatoms. The minimum Gasteiger partial charge on any atom is -0.504 e. The van der Waals surface area contributed by atoms with E-state index in [0.717, 1.165) is 24.0 Å². The first-order chi connectivity index (χ1) is 12.9. The Bertz CT molecular complexity index is 673. The van der Waals surface area contributed by atoms with Crippen molar-refractivity contribution in [2.75, 3.05) is 28.3 Å². The van der Waals surface area contributed by atoms with Gasteiger partial charge in [0.2, 0.25) is 0 Å². The van der Waals surface area contributed by atoms with Crippen LogP contribution >= 0.6 is 0 Å². The van der Waals surface area contributed by atoms with Crippen molar-refractivity contribution in [3.8, 4) is 11.5 Å². The van der Waals surface area contributed by atoms with Gasteiger partial charge in [0.15, 0.2) is 17.3 Å². The van der Waals surface area contributed by atoms with E-state index in [4.69, 9.17) is 9.47 Å². The van der Waals surface area contributed by atoms with E-state index in [9.17, 15) is 9.90 Å². The highest BCUT2D eigenvalue weighted by atomic mass is 16.5. The van der Waals surface area contributed by atoms with Gasteiger partial charge in [0, 0.05) is 30.6 Å². The number of rotatable bonds is 4. The molecule has 27 heavy (non-hydrogen) atoms. The molecule has 3 rings (SSSR count). The summed E-state index contributed by atoms with van der Waals surface area (Å²) in [5.41, 5.74) is 1.67. The van der Waals surface area contributed by atoms with Gasteiger partial charge in [0.05, 0.1) is 7.11 Å². The number of phenols is 1. The number of fused-ring (bicyclic) bond motifs is 3. The fraction of sp³-hybridized carbons (Fsp3) is 0.682. The lowest BCUT2D eigenvalue weighted by molar-refractivity contribution is -0.138. The van der Waals surface area contributed by atoms with Crippen molar-refractivity contribution >= 4 is 5.78 Å². The van der Waals surface area contributed by atoms with Gasteiger partial charge in [0.1, 0.15) is 6.10 Å². The number of Topliss-reactive ketones (excluding diaryl/α,β-unsaturated/α-hetero) is 1. The number of nitrogens with zero attached hydrogens (tertiary/aromatic N) is 1. The molecule has 1 fully saturated rings. The number of hydrogen-bond acceptors (Lipinski definition) is 5. The van der Waals surface area contributed by atoms with E-state index in [-0.39, 0.29) is 29.0 Å². The van der Waals surface area contributed by atoms with Crippen LogP contribution in [0.2, 0.25) is 0 Å². The largest absolute Gasteiger partial charge is 0.504 e. The number of aromatic hydroxyl groups is 1. The number of likely N-dealkylation sites (N-methyl/N-ethyl adjacent to an activating group) is 1. The standard InChI is InChI=1S/C20H29NO4.C2H6/c1-6-20-11-15(22)17(25-5)10-13(20)14(21(2)3)9-12-7-8-16(24-4)19(23)18(12)20;1-2/h7-8,13-14,17,23H,6,9-11H2,1-5H3;1-2H3/t13?,14?,17?,20-;/m1./s1. The summed E-state index contributed by atoms with van der Waals surface area (Å²) >= 11 is 0. The van der Waals surface area contributed by atoms with Crippen LogP contribution in [0, 0.1) is 5.92 Å². The van der Waals surface area contributed by atoms with Crippen molar-refractivity contribution in [3.63, 3.8) is 0 Å². The lowest BCUT2D eigenvalue weighted by Gasteiger charge is -2.54. The maximum Gasteiger partial charge on any atom is 0.162 e. The first-order valence-electron chi connectivity index (χ1n) is 10.0. The predicted molar refractivity (Wildman–Crippen MR) is 108 cm³/mol. The molecule has 2 aliphatic carbocycles. The zero-order valence-electron chi connectivity index (χ0n) is 17.8. The van der Waals surface area contributed by atoms with Crippen LogP contribution < -0.4 is 4.74 Å². The van der Waals surface area contributed by atoms with Crippen LogP contribution in [0.4, 0.5) is 0 Å². The molecule has 1 aromatic carbocycles. The molecule has 1 saturated carbocycles. The zero-order chi connectivity index (χ0) is 20.4. The van der Waals surface area contributed by atoms with E-state index in [1.807, 2.05) is 26.0 Å². The number of carbonyl (C=O) groups is 1. The second-order valence-electron chi connectivity index (χ2n) is 7.60. The van der Waals surface area contributed by atoms with Gasteiger partial charge in [-0.05, 0) is 50.9 Å². The second-order valence-corrected chi connectivity index (χ2v) is 7.60. The molecule has 4 atom stereocenters. The van der Waals surface area contributed by atoms with Crippen LogP contribution in [0.25, 0.3) is 0 Å². The molecule has 0 saturated heterocycles. The molecular formula is C22H35NO4. The van der Waals surface area contributed by atoms with Crippen molar-refractivity contribution in [3.05, 3.63) is 23.3 Å². The van der Waals surface area contributed by atoms with Gasteiger partial charge in [-0.2, -0.15) is 0 Å². The number of carbonyl (C=O) groups excluding carboxylic acids is 1. The fourth-order valence-corrected chi connectivity index (χ4v) is 5.15. The summed E-state index contributed by atoms with van der Waals surface area (Å²) in [5, 5.41) is 10.9. The van der Waals surface area contributed by atoms with Gasteiger partial charge in [-0.1, -0.05) is 26.8 Å². The lowest BCUT2D eigenvalue weighted by atomic mass is 9.53. The highest BCUT2D eigenvalue weighted by molar-refractivity contribution is 5.86. The Morgan fingerprint density at radius 2 is 1.93 bits per heavy atom. The molecular weight excluding hydrogens is 342 g/mol. The smallest absolute Gasteiger partial charge is 0.162 e. The molecule has 0 heterocycles. The summed E-state index contributed by atoms with van der Waals surface area (Å²) in [6.07, 6.45) is 2.42. The van der Waals surface area contributed by atoms with E-state index < -0.39 is 0 Å². The van der Waals surface area contributed by atoms with E-state index in [1.54, 1.807) is 14.2 Å². The molecule has 3 unspecified atom stereocenters. The quantitative estimate of drug-likeness (QED) is 0.869. The maximum absolute atomic E-state index is 12.7. The number of methoxy groups -OCH3 is 2. The number of phenolic OH excluding ortho intramolecular Hbond substituents is 1. The third kappa shape index (κ3) is 3.47. The lowest BCUT2D eigenvalue weighted by Crippen LogP contribution is -2.58. The number of hydrogen-bond donors (Lipinski definition) is 1. The van der Waals surface area contributed by atoms with E-state index >= 15 is 0 Å². The number of benzene rings is 1. The fourth-order valence-electron chi connectivity index (χ4n) is 5.15. The topological polar surface area (TPSA) is 59.0 Å². The molecule has 2 aliphatic rings. The van der Waals surface area contributed by atoms with Gasteiger partial charge in [-0.15, -0.1) is 0 Å². The third-order valence-electron chi connectivity index (χ3n) is 6.44. The molecule has 5 nitrogen and oxygen atoms in total. The van der Waals surface area contributed by atoms with Gasteiger partial charge in [-0.25, -0.2) is 0 Å². The molecule has 1 N–H and O–H groups in total. The van der Waals surface area contributed by atoms with Crippen molar-refractivity contribution in [2.24, 2.45) is 5.92 Å². The Morgan fingerprint density at radius 1 is 1.26 bits per heavy atom. The molecule has 0 amide bonds. The Labute approximate surface area is 163 Å². The Hall–Kier alpha value is -1.59. The van der Waals surface area contributed by atoms with Gasteiger partial charge < -0.3 is 19.5 Å². The molecule has 152 valence electrons. The van der Waals surface area contributed by atoms with Crippen LogP contribution in [0.1, 0.15) is 51.2 Å². The predicted octanol–water partition coefficient (Wildman–Crippen LogP) is 3.56. The van der Waals surface area contributed by atoms with Crippen LogP contribution in [0.5, 0.6) is 11.5 Å². The van der Waals surface area contributed by atoms with E-state index in [1.165, 1.54) is 0 Å². The van der Waals surface area contributed by atoms with Crippen molar-refractivity contribution < 1.29 is 19.4 Å². The highest BCUT2D eigenvalue weighted by Gasteiger charge is 2.55. The second kappa shape index (κ2) is 8.61.